The van der Waals surface area contributed by atoms with Gasteiger partial charge in [0, 0.05) is 6.04 Å². The molecule has 0 aromatic rings. The van der Waals surface area contributed by atoms with Crippen molar-refractivity contribution in [2.45, 2.75) is 77.7 Å². The summed E-state index contributed by atoms with van der Waals surface area (Å²) in [5.41, 5.74) is 0.246. The second-order valence-electron chi connectivity index (χ2n) is 6.14. The molecule has 1 aliphatic rings. The summed E-state index contributed by atoms with van der Waals surface area (Å²) in [6, 6.07) is 1.25. The van der Waals surface area contributed by atoms with Crippen LogP contribution in [0.25, 0.3) is 0 Å². The van der Waals surface area contributed by atoms with E-state index in [9.17, 15) is 9.59 Å². The summed E-state index contributed by atoms with van der Waals surface area (Å²) in [6.45, 7) is 4.43. The molecule has 1 rings (SSSR count). The van der Waals surface area contributed by atoms with Crippen LogP contribution < -0.4 is 10.6 Å². The van der Waals surface area contributed by atoms with Crippen LogP contribution in [0.4, 0.5) is 0 Å². The minimum atomic E-state index is 0. The third-order valence-corrected chi connectivity index (χ3v) is 4.45. The van der Waals surface area contributed by atoms with Crippen molar-refractivity contribution in [2.24, 2.45) is 5.41 Å². The van der Waals surface area contributed by atoms with E-state index in [1.807, 2.05) is 0 Å². The molecule has 1 unspecified atom stereocenters. The van der Waals surface area contributed by atoms with E-state index >= 15 is 0 Å². The first kappa shape index (κ1) is 27.5. The second kappa shape index (κ2) is 15.2. The van der Waals surface area contributed by atoms with Gasteiger partial charge in [-0.3, -0.25) is 9.59 Å². The molecule has 0 aromatic carbocycles. The Bertz CT molecular complexity index is 273. The van der Waals surface area contributed by atoms with E-state index in [-0.39, 0.29) is 48.0 Å². The average Bonchev–Trinajstić information content (AvgIpc) is 2.44. The van der Waals surface area contributed by atoms with Crippen LogP contribution in [-0.4, -0.2) is 18.9 Å². The van der Waals surface area contributed by atoms with E-state index in [4.69, 9.17) is 0 Å². The molecule has 23 heavy (non-hydrogen) atoms. The Morgan fingerprint density at radius 2 is 1.65 bits per heavy atom. The molecule has 2 N–H and O–H groups in total. The minimum absolute atomic E-state index is 0. The zero-order chi connectivity index (χ0) is 14.8. The first-order valence-electron chi connectivity index (χ1n) is 7.94. The Morgan fingerprint density at radius 3 is 2.09 bits per heavy atom. The number of carbonyl (C=O) groups is 2. The Labute approximate surface area is 158 Å². The first-order valence-corrected chi connectivity index (χ1v) is 7.94. The van der Waals surface area contributed by atoms with Crippen molar-refractivity contribution in [1.29, 1.82) is 0 Å². The van der Waals surface area contributed by atoms with Crippen molar-refractivity contribution >= 4 is 12.8 Å². The van der Waals surface area contributed by atoms with E-state index in [1.54, 1.807) is 0 Å². The second-order valence-corrected chi connectivity index (χ2v) is 6.14. The maximum Gasteiger partial charge on any atom is 3.00 e. The van der Waals surface area contributed by atoms with Crippen LogP contribution in [0.3, 0.4) is 0 Å². The van der Waals surface area contributed by atoms with Gasteiger partial charge in [0.15, 0.2) is 6.41 Å². The van der Waals surface area contributed by atoms with Gasteiger partial charge in [-0.05, 0) is 19.3 Å². The molecular weight excluding hydrogens is 324 g/mol. The predicted molar refractivity (Wildman–Crippen MR) is 93.6 cm³/mol. The van der Waals surface area contributed by atoms with Gasteiger partial charge in [0.05, 0.1) is 0 Å². The third kappa shape index (κ3) is 9.51. The molecule has 0 spiro atoms. The van der Waals surface area contributed by atoms with Crippen LogP contribution in [0, 0.1) is 26.3 Å². The molecule has 2 amide bonds. The van der Waals surface area contributed by atoms with E-state index in [0.717, 1.165) is 38.1 Å². The summed E-state index contributed by atoms with van der Waals surface area (Å²) in [5, 5.41) is 5.78. The molecular formula is C18H35N2O2Ti. The summed E-state index contributed by atoms with van der Waals surface area (Å²) in [4.78, 5) is 21.5. The SMILES string of the molecule is CCCCC1(CCCC)C[C-](NC=O)CC(NC=O)C1.[CH3-].[CH3-].[Ti+3]. The van der Waals surface area contributed by atoms with Crippen molar-refractivity contribution in [2.75, 3.05) is 0 Å². The molecule has 0 heterocycles. The van der Waals surface area contributed by atoms with Gasteiger partial charge in [-0.25, -0.2) is 6.04 Å². The Morgan fingerprint density at radius 1 is 1.09 bits per heavy atom. The van der Waals surface area contributed by atoms with E-state index in [1.165, 1.54) is 38.5 Å². The monoisotopic (exact) mass is 359 g/mol. The number of carbonyl (C=O) groups excluding carboxylic acids is 2. The van der Waals surface area contributed by atoms with E-state index in [2.05, 4.69) is 24.5 Å². The molecule has 0 saturated heterocycles. The molecule has 0 bridgehead atoms. The van der Waals surface area contributed by atoms with Crippen LogP contribution in [-0.2, 0) is 31.3 Å². The Hall–Kier alpha value is -0.346. The molecule has 133 valence electrons. The van der Waals surface area contributed by atoms with Gasteiger partial charge in [-0.2, -0.15) is 6.42 Å². The summed E-state index contributed by atoms with van der Waals surface area (Å²) in [6.07, 6.45) is 11.5. The van der Waals surface area contributed by atoms with Gasteiger partial charge >= 0.3 is 21.7 Å². The number of amides is 2. The van der Waals surface area contributed by atoms with Gasteiger partial charge in [0.1, 0.15) is 0 Å². The summed E-state index contributed by atoms with van der Waals surface area (Å²) < 4.78 is 0. The third-order valence-electron chi connectivity index (χ3n) is 4.45. The number of unbranched alkanes of at least 4 members (excludes halogenated alkanes) is 2. The summed E-state index contributed by atoms with van der Waals surface area (Å²) in [5.74, 6) is 0. The molecule has 1 saturated carbocycles. The minimum Gasteiger partial charge on any atom is -0.505 e. The fourth-order valence-corrected chi connectivity index (χ4v) is 3.51. The van der Waals surface area contributed by atoms with Gasteiger partial charge in [0.2, 0.25) is 6.41 Å². The fourth-order valence-electron chi connectivity index (χ4n) is 3.51. The Balaban J connectivity index is -0.00000133. The standard InChI is InChI=1S/C16H29N2O2.2CH3.Ti/c1-3-5-7-16(8-6-4-2)10-14(17-12-19)9-15(11-16)18-13-20;;;/h12-14H,3-11H2,1-2H3,(H,17,19)(H,18,20);2*1H3;/q3*-1;+3. The van der Waals surface area contributed by atoms with Crippen molar-refractivity contribution < 1.29 is 31.3 Å². The molecule has 4 nitrogen and oxygen atoms in total. The maximum absolute atomic E-state index is 10.8. The molecule has 1 radical (unpaired) electrons. The van der Waals surface area contributed by atoms with Crippen LogP contribution in [0.2, 0.25) is 0 Å². The molecule has 1 atom stereocenters. The van der Waals surface area contributed by atoms with Crippen molar-refractivity contribution in [1.82, 2.24) is 10.6 Å². The zero-order valence-electron chi connectivity index (χ0n) is 15.4. The number of rotatable bonds is 10. The number of nitrogens with one attached hydrogen (secondary N) is 2. The van der Waals surface area contributed by atoms with E-state index < -0.39 is 0 Å². The quantitative estimate of drug-likeness (QED) is 0.354. The van der Waals surface area contributed by atoms with Gasteiger partial charge in [-0.1, -0.05) is 44.9 Å². The normalized spacial score (nSPS) is 19.3. The summed E-state index contributed by atoms with van der Waals surface area (Å²) >= 11 is 0. The number of hydrogen-bond donors (Lipinski definition) is 2. The molecule has 1 fully saturated rings. The summed E-state index contributed by atoms with van der Waals surface area (Å²) in [7, 11) is 0. The zero-order valence-corrected chi connectivity index (χ0v) is 17.0. The van der Waals surface area contributed by atoms with Crippen molar-refractivity contribution in [3.8, 4) is 0 Å². The van der Waals surface area contributed by atoms with Crippen molar-refractivity contribution in [3.63, 3.8) is 0 Å². The van der Waals surface area contributed by atoms with Crippen LogP contribution in [0.5, 0.6) is 0 Å². The topological polar surface area (TPSA) is 58.2 Å². The van der Waals surface area contributed by atoms with Crippen LogP contribution in [0.15, 0.2) is 0 Å². The molecule has 0 aliphatic heterocycles. The van der Waals surface area contributed by atoms with Crippen LogP contribution in [0.1, 0.15) is 71.6 Å². The van der Waals surface area contributed by atoms with Crippen LogP contribution >= 0.6 is 0 Å². The van der Waals surface area contributed by atoms with Gasteiger partial charge in [0.25, 0.3) is 0 Å². The number of hydrogen-bond acceptors (Lipinski definition) is 2. The average molecular weight is 359 g/mol. The molecule has 0 aromatic heterocycles. The van der Waals surface area contributed by atoms with Gasteiger partial charge in [-0.15, -0.1) is 6.42 Å². The smallest absolute Gasteiger partial charge is 0.505 e. The maximum atomic E-state index is 10.8. The van der Waals surface area contributed by atoms with E-state index in [0.29, 0.717) is 0 Å². The fraction of sp³-hybridized carbons (Fsp3) is 0.722. The predicted octanol–water partition coefficient (Wildman–Crippen LogP) is 3.83. The molecule has 1 aliphatic carbocycles. The largest absolute Gasteiger partial charge is 3.00 e. The molecule has 5 heteroatoms. The Kier molecular flexibility index (Phi) is 18.2. The van der Waals surface area contributed by atoms with Crippen molar-refractivity contribution in [3.05, 3.63) is 20.9 Å². The first-order chi connectivity index (χ1) is 9.69. The van der Waals surface area contributed by atoms with Gasteiger partial charge < -0.3 is 25.5 Å².